The van der Waals surface area contributed by atoms with Crippen molar-refractivity contribution in [2.45, 2.75) is 25.4 Å². The summed E-state index contributed by atoms with van der Waals surface area (Å²) in [5.41, 5.74) is -0.290. The SMILES string of the molecule is CCCC1(O)CN(C(=O)c2cc(Cl)c(I)cc2OC)C1. The molecule has 0 bridgehead atoms. The van der Waals surface area contributed by atoms with Crippen molar-refractivity contribution in [1.29, 1.82) is 0 Å². The van der Waals surface area contributed by atoms with Crippen LogP contribution in [-0.2, 0) is 0 Å². The van der Waals surface area contributed by atoms with Gasteiger partial charge in [0.2, 0.25) is 0 Å². The molecule has 1 N–H and O–H groups in total. The molecule has 0 aromatic heterocycles. The van der Waals surface area contributed by atoms with Crippen LogP contribution in [0.15, 0.2) is 12.1 Å². The van der Waals surface area contributed by atoms with Gasteiger partial charge in [0.25, 0.3) is 5.91 Å². The van der Waals surface area contributed by atoms with E-state index in [1.54, 1.807) is 17.0 Å². The molecule has 20 heavy (non-hydrogen) atoms. The molecule has 110 valence electrons. The third-order valence-corrected chi connectivity index (χ3v) is 4.97. The number of carbonyl (C=O) groups excluding carboxylic acids is 1. The number of carbonyl (C=O) groups is 1. The summed E-state index contributed by atoms with van der Waals surface area (Å²) in [7, 11) is 1.53. The van der Waals surface area contributed by atoms with E-state index >= 15 is 0 Å². The van der Waals surface area contributed by atoms with Crippen molar-refractivity contribution in [2.75, 3.05) is 20.2 Å². The number of hydrogen-bond donors (Lipinski definition) is 1. The summed E-state index contributed by atoms with van der Waals surface area (Å²) in [6.07, 6.45) is 1.61. The number of halogens is 2. The number of benzene rings is 1. The Kier molecular flexibility index (Phi) is 4.81. The van der Waals surface area contributed by atoms with E-state index in [0.717, 1.165) is 9.99 Å². The van der Waals surface area contributed by atoms with Crippen LogP contribution < -0.4 is 4.74 Å². The van der Waals surface area contributed by atoms with Crippen molar-refractivity contribution >= 4 is 40.1 Å². The summed E-state index contributed by atoms with van der Waals surface area (Å²) >= 11 is 8.17. The number of aliphatic hydroxyl groups is 1. The van der Waals surface area contributed by atoms with Crippen molar-refractivity contribution in [3.05, 3.63) is 26.3 Å². The van der Waals surface area contributed by atoms with Gasteiger partial charge in [-0.15, -0.1) is 0 Å². The Morgan fingerprint density at radius 3 is 2.75 bits per heavy atom. The van der Waals surface area contributed by atoms with E-state index in [1.807, 2.05) is 6.92 Å². The van der Waals surface area contributed by atoms with Crippen LogP contribution in [0.3, 0.4) is 0 Å². The summed E-state index contributed by atoms with van der Waals surface area (Å²) in [5, 5.41) is 10.7. The molecule has 0 radical (unpaired) electrons. The molecule has 1 aromatic carbocycles. The van der Waals surface area contributed by atoms with Gasteiger partial charge in [-0.25, -0.2) is 0 Å². The summed E-state index contributed by atoms with van der Waals surface area (Å²) in [5.74, 6) is 0.357. The number of methoxy groups -OCH3 is 1. The maximum absolute atomic E-state index is 12.4. The standard InChI is InChI=1S/C14H17ClINO3/c1-3-4-14(19)7-17(8-14)13(18)9-5-10(15)11(16)6-12(9)20-2/h5-6,19H,3-4,7-8H2,1-2H3. The third kappa shape index (κ3) is 3.04. The normalized spacial score (nSPS) is 16.8. The van der Waals surface area contributed by atoms with Crippen LogP contribution in [0.1, 0.15) is 30.1 Å². The van der Waals surface area contributed by atoms with E-state index in [9.17, 15) is 9.90 Å². The molecule has 0 atom stereocenters. The molecule has 2 rings (SSSR count). The van der Waals surface area contributed by atoms with Crippen LogP contribution in [0, 0.1) is 3.57 Å². The van der Waals surface area contributed by atoms with Crippen molar-refractivity contribution < 1.29 is 14.6 Å². The Balaban J connectivity index is 2.17. The molecule has 0 aliphatic carbocycles. The molecule has 1 fully saturated rings. The highest BCUT2D eigenvalue weighted by molar-refractivity contribution is 14.1. The lowest BCUT2D eigenvalue weighted by molar-refractivity contribution is -0.0860. The first-order chi connectivity index (χ1) is 9.40. The number of β-amino-alcohol motifs (C(OH)–C–C–N with tert-alkyl or cyclic N) is 1. The smallest absolute Gasteiger partial charge is 0.257 e. The maximum Gasteiger partial charge on any atom is 0.257 e. The van der Waals surface area contributed by atoms with Crippen LogP contribution in [0.4, 0.5) is 0 Å². The summed E-state index contributed by atoms with van der Waals surface area (Å²) in [4.78, 5) is 14.1. The van der Waals surface area contributed by atoms with Gasteiger partial charge < -0.3 is 14.7 Å². The quantitative estimate of drug-likeness (QED) is 0.778. The van der Waals surface area contributed by atoms with E-state index in [2.05, 4.69) is 22.6 Å². The first kappa shape index (κ1) is 15.9. The minimum atomic E-state index is -0.732. The van der Waals surface area contributed by atoms with Crippen LogP contribution in [0.5, 0.6) is 5.75 Å². The largest absolute Gasteiger partial charge is 0.496 e. The lowest BCUT2D eigenvalue weighted by Crippen LogP contribution is -2.63. The predicted octanol–water partition coefficient (Wildman–Crippen LogP) is 2.94. The number of hydrogen-bond acceptors (Lipinski definition) is 3. The molecule has 0 unspecified atom stereocenters. The lowest BCUT2D eigenvalue weighted by atomic mass is 9.88. The second-order valence-electron chi connectivity index (χ2n) is 5.10. The maximum atomic E-state index is 12.4. The minimum absolute atomic E-state index is 0.152. The molecule has 1 amide bonds. The van der Waals surface area contributed by atoms with Gasteiger partial charge in [-0.3, -0.25) is 4.79 Å². The van der Waals surface area contributed by atoms with Crippen LogP contribution >= 0.6 is 34.2 Å². The van der Waals surface area contributed by atoms with Gasteiger partial charge in [0.15, 0.2) is 0 Å². The topological polar surface area (TPSA) is 49.8 Å². The van der Waals surface area contributed by atoms with Gasteiger partial charge in [0, 0.05) is 3.57 Å². The second-order valence-corrected chi connectivity index (χ2v) is 6.67. The summed E-state index contributed by atoms with van der Waals surface area (Å²) in [6.45, 7) is 2.75. The Bertz CT molecular complexity index is 529. The molecule has 1 aliphatic rings. The number of rotatable bonds is 4. The van der Waals surface area contributed by atoms with Crippen molar-refractivity contribution in [2.24, 2.45) is 0 Å². The molecule has 4 nitrogen and oxygen atoms in total. The van der Waals surface area contributed by atoms with E-state index in [-0.39, 0.29) is 5.91 Å². The fraction of sp³-hybridized carbons (Fsp3) is 0.500. The lowest BCUT2D eigenvalue weighted by Gasteiger charge is -2.46. The van der Waals surface area contributed by atoms with Gasteiger partial charge in [-0.2, -0.15) is 0 Å². The van der Waals surface area contributed by atoms with Crippen molar-refractivity contribution in [3.63, 3.8) is 0 Å². The Morgan fingerprint density at radius 1 is 1.55 bits per heavy atom. The third-order valence-electron chi connectivity index (χ3n) is 3.45. The Hall–Kier alpha value is -0.530. The van der Waals surface area contributed by atoms with E-state index < -0.39 is 5.60 Å². The monoisotopic (exact) mass is 409 g/mol. The number of nitrogens with zero attached hydrogens (tertiary/aromatic N) is 1. The highest BCUT2D eigenvalue weighted by Crippen LogP contribution is 2.32. The first-order valence-corrected chi connectivity index (χ1v) is 7.90. The Labute approximate surface area is 137 Å². The second kappa shape index (κ2) is 6.07. The van der Waals surface area contributed by atoms with Gasteiger partial charge in [-0.1, -0.05) is 24.9 Å². The van der Waals surface area contributed by atoms with E-state index in [1.165, 1.54) is 7.11 Å². The fourth-order valence-corrected chi connectivity index (χ4v) is 3.07. The predicted molar refractivity (Wildman–Crippen MR) is 86.5 cm³/mol. The average molecular weight is 410 g/mol. The Morgan fingerprint density at radius 2 is 2.20 bits per heavy atom. The molecule has 1 aliphatic heterocycles. The van der Waals surface area contributed by atoms with E-state index in [4.69, 9.17) is 16.3 Å². The van der Waals surface area contributed by atoms with Crippen LogP contribution in [0.2, 0.25) is 5.02 Å². The van der Waals surface area contributed by atoms with Crippen LogP contribution in [0.25, 0.3) is 0 Å². The van der Waals surface area contributed by atoms with Crippen molar-refractivity contribution in [1.82, 2.24) is 4.90 Å². The molecule has 0 saturated carbocycles. The molecule has 1 heterocycles. The molecular formula is C14H17ClINO3. The average Bonchev–Trinajstić information content (AvgIpc) is 2.38. The van der Waals surface area contributed by atoms with Gasteiger partial charge >= 0.3 is 0 Å². The summed E-state index contributed by atoms with van der Waals surface area (Å²) < 4.78 is 6.08. The zero-order chi connectivity index (χ0) is 14.9. The zero-order valence-corrected chi connectivity index (χ0v) is 14.4. The molecule has 1 saturated heterocycles. The first-order valence-electron chi connectivity index (χ1n) is 6.45. The zero-order valence-electron chi connectivity index (χ0n) is 11.4. The highest BCUT2D eigenvalue weighted by Gasteiger charge is 2.43. The van der Waals surface area contributed by atoms with Gasteiger partial charge in [0.1, 0.15) is 5.75 Å². The molecule has 0 spiro atoms. The van der Waals surface area contributed by atoms with E-state index in [0.29, 0.717) is 35.8 Å². The van der Waals surface area contributed by atoms with Crippen LogP contribution in [-0.4, -0.2) is 41.7 Å². The fourth-order valence-electron chi connectivity index (χ4n) is 2.47. The van der Waals surface area contributed by atoms with Gasteiger partial charge in [-0.05, 0) is 41.1 Å². The number of ether oxygens (including phenoxy) is 1. The molecule has 6 heteroatoms. The van der Waals surface area contributed by atoms with Crippen molar-refractivity contribution in [3.8, 4) is 5.75 Å². The highest BCUT2D eigenvalue weighted by atomic mass is 127. The molecular weight excluding hydrogens is 393 g/mol. The number of amides is 1. The summed E-state index contributed by atoms with van der Waals surface area (Å²) in [6, 6.07) is 3.37. The molecule has 1 aromatic rings. The van der Waals surface area contributed by atoms with Gasteiger partial charge in [0.05, 0.1) is 36.4 Å². The minimum Gasteiger partial charge on any atom is -0.496 e. The number of likely N-dealkylation sites (tertiary alicyclic amines) is 1.